The first-order chi connectivity index (χ1) is 16.4. The minimum absolute atomic E-state index is 0.0405. The average Bonchev–Trinajstić information content (AvgIpc) is 3.36. The SMILES string of the molecule is CCOC(=O)N1CCC(NC(=O)[C@H]2CC23CCN(C(=O)c2cc4cc(C)ccc4[nH]2)CC3)CC1. The summed E-state index contributed by atoms with van der Waals surface area (Å²) in [6.07, 6.45) is 3.91. The standard InChI is InChI=1S/C26H34N4O4/c1-3-34-25(33)30-10-6-19(7-11-30)27-23(31)20-16-26(20)8-12-29(13-9-26)24(32)22-15-18-14-17(2)4-5-21(18)28-22/h4-5,14-15,19-20,28H,3,6-13,16H2,1-2H3,(H,27,31)/t20-/m1/s1. The number of aryl methyl sites for hydroxylation is 1. The second-order valence-corrected chi connectivity index (χ2v) is 10.2. The molecule has 0 radical (unpaired) electrons. The highest BCUT2D eigenvalue weighted by Crippen LogP contribution is 2.59. The van der Waals surface area contributed by atoms with Crippen LogP contribution in [-0.2, 0) is 9.53 Å². The highest BCUT2D eigenvalue weighted by atomic mass is 16.6. The number of carbonyl (C=O) groups is 3. The number of piperidine rings is 2. The molecular formula is C26H34N4O4. The second kappa shape index (κ2) is 8.96. The molecule has 0 bridgehead atoms. The number of hydrogen-bond donors (Lipinski definition) is 2. The van der Waals surface area contributed by atoms with E-state index in [1.165, 1.54) is 5.56 Å². The molecule has 1 atom stereocenters. The minimum atomic E-state index is -0.266. The van der Waals surface area contributed by atoms with Crippen LogP contribution >= 0.6 is 0 Å². The molecule has 3 heterocycles. The fourth-order valence-electron chi connectivity index (χ4n) is 5.69. The van der Waals surface area contributed by atoms with Crippen molar-refractivity contribution in [3.8, 4) is 0 Å². The molecule has 1 aromatic heterocycles. The Morgan fingerprint density at radius 2 is 1.82 bits per heavy atom. The summed E-state index contributed by atoms with van der Waals surface area (Å²) in [7, 11) is 0. The Morgan fingerprint density at radius 3 is 2.53 bits per heavy atom. The molecule has 2 saturated heterocycles. The maximum Gasteiger partial charge on any atom is 0.409 e. The zero-order chi connectivity index (χ0) is 23.9. The maximum absolute atomic E-state index is 13.1. The number of benzene rings is 1. The van der Waals surface area contributed by atoms with Gasteiger partial charge in [-0.15, -0.1) is 0 Å². The van der Waals surface area contributed by atoms with E-state index in [-0.39, 0.29) is 35.3 Å². The monoisotopic (exact) mass is 466 g/mol. The van der Waals surface area contributed by atoms with Crippen molar-refractivity contribution < 1.29 is 19.1 Å². The Morgan fingerprint density at radius 1 is 1.09 bits per heavy atom. The Bertz CT molecular complexity index is 1090. The number of amides is 3. The number of nitrogens with one attached hydrogen (secondary N) is 2. The van der Waals surface area contributed by atoms with E-state index in [0.717, 1.165) is 43.0 Å². The summed E-state index contributed by atoms with van der Waals surface area (Å²) in [5.74, 6) is 0.225. The Kier molecular flexibility index (Phi) is 6.00. The minimum Gasteiger partial charge on any atom is -0.450 e. The molecule has 34 heavy (non-hydrogen) atoms. The molecular weight excluding hydrogens is 432 g/mol. The van der Waals surface area contributed by atoms with Gasteiger partial charge in [0.2, 0.25) is 5.91 Å². The van der Waals surface area contributed by atoms with E-state index in [2.05, 4.69) is 16.4 Å². The van der Waals surface area contributed by atoms with Gasteiger partial charge in [0.15, 0.2) is 0 Å². The van der Waals surface area contributed by atoms with Crippen LogP contribution in [0.3, 0.4) is 0 Å². The Hall–Kier alpha value is -3.03. The van der Waals surface area contributed by atoms with Crippen LogP contribution in [0.5, 0.6) is 0 Å². The van der Waals surface area contributed by atoms with Gasteiger partial charge in [-0.2, -0.15) is 0 Å². The summed E-state index contributed by atoms with van der Waals surface area (Å²) < 4.78 is 5.06. The summed E-state index contributed by atoms with van der Waals surface area (Å²) in [6.45, 7) is 6.84. The third-order valence-corrected chi connectivity index (χ3v) is 7.93. The van der Waals surface area contributed by atoms with E-state index in [0.29, 0.717) is 38.5 Å². The molecule has 182 valence electrons. The predicted molar refractivity (Wildman–Crippen MR) is 128 cm³/mol. The molecule has 5 rings (SSSR count). The number of likely N-dealkylation sites (tertiary alicyclic amines) is 2. The first kappa shape index (κ1) is 22.7. The van der Waals surface area contributed by atoms with Crippen LogP contribution in [0.15, 0.2) is 24.3 Å². The number of ether oxygens (including phenoxy) is 1. The number of rotatable bonds is 4. The molecule has 1 saturated carbocycles. The van der Waals surface area contributed by atoms with E-state index in [9.17, 15) is 14.4 Å². The van der Waals surface area contributed by atoms with Crippen LogP contribution in [0, 0.1) is 18.3 Å². The maximum atomic E-state index is 13.1. The van der Waals surface area contributed by atoms with Gasteiger partial charge < -0.3 is 24.8 Å². The molecule has 1 aliphatic carbocycles. The smallest absolute Gasteiger partial charge is 0.409 e. The molecule has 3 fully saturated rings. The number of aromatic nitrogens is 1. The topological polar surface area (TPSA) is 94.7 Å². The predicted octanol–water partition coefficient (Wildman–Crippen LogP) is 3.46. The van der Waals surface area contributed by atoms with Gasteiger partial charge >= 0.3 is 6.09 Å². The van der Waals surface area contributed by atoms with Crippen molar-refractivity contribution >= 4 is 28.8 Å². The number of aromatic amines is 1. The van der Waals surface area contributed by atoms with Crippen LogP contribution in [0.2, 0.25) is 0 Å². The van der Waals surface area contributed by atoms with Gasteiger partial charge in [0.1, 0.15) is 5.69 Å². The molecule has 1 spiro atoms. The van der Waals surface area contributed by atoms with Crippen molar-refractivity contribution in [2.75, 3.05) is 32.8 Å². The van der Waals surface area contributed by atoms with Crippen molar-refractivity contribution in [3.63, 3.8) is 0 Å². The third-order valence-electron chi connectivity index (χ3n) is 7.93. The Balaban J connectivity index is 1.10. The number of hydrogen-bond acceptors (Lipinski definition) is 4. The second-order valence-electron chi connectivity index (χ2n) is 10.2. The molecule has 2 aromatic rings. The summed E-state index contributed by atoms with van der Waals surface area (Å²) >= 11 is 0. The van der Waals surface area contributed by atoms with E-state index in [4.69, 9.17) is 4.74 Å². The number of carbonyl (C=O) groups excluding carboxylic acids is 3. The molecule has 3 amide bonds. The third kappa shape index (κ3) is 4.38. The molecule has 3 aliphatic rings. The lowest BCUT2D eigenvalue weighted by Crippen LogP contribution is -2.47. The molecule has 2 N–H and O–H groups in total. The fraction of sp³-hybridized carbons (Fsp3) is 0.577. The number of H-pyrrole nitrogens is 1. The van der Waals surface area contributed by atoms with E-state index < -0.39 is 0 Å². The zero-order valence-electron chi connectivity index (χ0n) is 20.1. The van der Waals surface area contributed by atoms with Crippen LogP contribution in [0.1, 0.15) is 55.1 Å². The normalized spacial score (nSPS) is 22.1. The molecule has 1 aromatic carbocycles. The fourth-order valence-corrected chi connectivity index (χ4v) is 5.69. The van der Waals surface area contributed by atoms with Crippen molar-refractivity contribution in [2.45, 2.75) is 52.0 Å². The van der Waals surface area contributed by atoms with Crippen LogP contribution in [0.4, 0.5) is 4.79 Å². The van der Waals surface area contributed by atoms with Gasteiger partial charge in [-0.05, 0) is 69.6 Å². The van der Waals surface area contributed by atoms with Crippen molar-refractivity contribution in [3.05, 3.63) is 35.5 Å². The van der Waals surface area contributed by atoms with Gasteiger partial charge in [0, 0.05) is 49.0 Å². The lowest BCUT2D eigenvalue weighted by atomic mass is 9.90. The lowest BCUT2D eigenvalue weighted by Gasteiger charge is -2.33. The Labute approximate surface area is 200 Å². The first-order valence-electron chi connectivity index (χ1n) is 12.5. The summed E-state index contributed by atoms with van der Waals surface area (Å²) in [4.78, 5) is 44.7. The lowest BCUT2D eigenvalue weighted by molar-refractivity contribution is -0.124. The van der Waals surface area contributed by atoms with Crippen LogP contribution in [-0.4, -0.2) is 71.5 Å². The summed E-state index contributed by atoms with van der Waals surface area (Å²) in [5, 5.41) is 4.28. The van der Waals surface area contributed by atoms with Crippen LogP contribution in [0.25, 0.3) is 10.9 Å². The largest absolute Gasteiger partial charge is 0.450 e. The number of nitrogens with zero attached hydrogens (tertiary/aromatic N) is 2. The van der Waals surface area contributed by atoms with Crippen LogP contribution < -0.4 is 5.32 Å². The number of fused-ring (bicyclic) bond motifs is 1. The van der Waals surface area contributed by atoms with Crippen molar-refractivity contribution in [1.29, 1.82) is 0 Å². The van der Waals surface area contributed by atoms with Crippen molar-refractivity contribution in [1.82, 2.24) is 20.1 Å². The molecule has 0 unspecified atom stereocenters. The highest BCUT2D eigenvalue weighted by Gasteiger charge is 2.59. The van der Waals surface area contributed by atoms with Gasteiger partial charge in [-0.3, -0.25) is 9.59 Å². The average molecular weight is 467 g/mol. The van der Waals surface area contributed by atoms with Gasteiger partial charge in [0.05, 0.1) is 6.61 Å². The summed E-state index contributed by atoms with van der Waals surface area (Å²) in [6, 6.07) is 8.20. The van der Waals surface area contributed by atoms with Gasteiger partial charge in [-0.1, -0.05) is 11.6 Å². The summed E-state index contributed by atoms with van der Waals surface area (Å²) in [5.41, 5.74) is 2.84. The quantitative estimate of drug-likeness (QED) is 0.722. The molecule has 8 heteroatoms. The first-order valence-corrected chi connectivity index (χ1v) is 12.5. The van der Waals surface area contributed by atoms with E-state index in [1.807, 2.05) is 30.0 Å². The van der Waals surface area contributed by atoms with E-state index >= 15 is 0 Å². The van der Waals surface area contributed by atoms with E-state index in [1.54, 1.807) is 11.8 Å². The highest BCUT2D eigenvalue weighted by molar-refractivity contribution is 5.98. The van der Waals surface area contributed by atoms with Gasteiger partial charge in [-0.25, -0.2) is 4.79 Å². The van der Waals surface area contributed by atoms with Gasteiger partial charge in [0.25, 0.3) is 5.91 Å². The zero-order valence-corrected chi connectivity index (χ0v) is 20.1. The molecule has 2 aliphatic heterocycles. The van der Waals surface area contributed by atoms with Crippen molar-refractivity contribution in [2.24, 2.45) is 11.3 Å². The molecule has 8 nitrogen and oxygen atoms in total.